The summed E-state index contributed by atoms with van der Waals surface area (Å²) in [4.78, 5) is 1.62. The molecule has 0 saturated heterocycles. The third kappa shape index (κ3) is 2.35. The summed E-state index contributed by atoms with van der Waals surface area (Å²) in [7, 11) is 0. The summed E-state index contributed by atoms with van der Waals surface area (Å²) in [6, 6.07) is 13.5. The molecule has 132 valence electrons. The van der Waals surface area contributed by atoms with Gasteiger partial charge in [-0.15, -0.1) is 0 Å². The molecule has 0 aliphatic carbocycles. The normalized spacial score (nSPS) is 13.7. The van der Waals surface area contributed by atoms with E-state index in [0.29, 0.717) is 0 Å². The highest BCUT2D eigenvalue weighted by Gasteiger charge is 2.20. The number of anilines is 2. The van der Waals surface area contributed by atoms with Crippen molar-refractivity contribution in [3.63, 3.8) is 0 Å². The number of nitrogens with zero attached hydrogens (tertiary/aromatic N) is 1. The van der Waals surface area contributed by atoms with E-state index in [9.17, 15) is 13.2 Å². The molecule has 0 spiro atoms. The fourth-order valence-electron chi connectivity index (χ4n) is 3.50. The zero-order valence-electron chi connectivity index (χ0n) is 13.9. The van der Waals surface area contributed by atoms with Crippen molar-refractivity contribution in [1.29, 1.82) is 0 Å². The maximum atomic E-state index is 13.7. The van der Waals surface area contributed by atoms with Crippen molar-refractivity contribution in [2.24, 2.45) is 0 Å². The van der Waals surface area contributed by atoms with Crippen LogP contribution in [0.3, 0.4) is 0 Å². The van der Waals surface area contributed by atoms with Crippen LogP contribution in [0.4, 0.5) is 24.5 Å². The van der Waals surface area contributed by atoms with Gasteiger partial charge < -0.3 is 9.64 Å². The molecule has 2 aliphatic heterocycles. The third-order valence-corrected chi connectivity index (χ3v) is 4.75. The van der Waals surface area contributed by atoms with Crippen molar-refractivity contribution in [2.45, 2.75) is 0 Å². The van der Waals surface area contributed by atoms with Crippen LogP contribution in [0, 0.1) is 17.5 Å². The zero-order chi connectivity index (χ0) is 18.5. The van der Waals surface area contributed by atoms with E-state index < -0.39 is 17.5 Å². The Bertz CT molecular complexity index is 1220. The molecule has 0 amide bonds. The topological polar surface area (TPSA) is 12.5 Å². The van der Waals surface area contributed by atoms with Crippen molar-refractivity contribution < 1.29 is 17.9 Å². The van der Waals surface area contributed by atoms with Crippen molar-refractivity contribution in [1.82, 2.24) is 0 Å². The predicted octanol–water partition coefficient (Wildman–Crippen LogP) is 4.35. The Hall–Kier alpha value is -3.47. The molecule has 0 saturated carbocycles. The number of halogens is 3. The van der Waals surface area contributed by atoms with Gasteiger partial charge in [-0.1, -0.05) is 30.3 Å². The highest BCUT2D eigenvalue weighted by atomic mass is 19.2. The zero-order valence-corrected chi connectivity index (χ0v) is 13.9. The monoisotopic (exact) mass is 363 g/mol. The highest BCUT2D eigenvalue weighted by molar-refractivity contribution is 5.80. The molecule has 5 rings (SSSR count). The standard InChI is InChI=1S/C22H12F3NO/c23-18-10-13(11-19(24)22(18)25)26-9-3-5-15-17-12-27-21-6-2-1-4-16(21)14(17)7-8-20(15)26/h1-12H. The van der Waals surface area contributed by atoms with Crippen LogP contribution in [0.15, 0.2) is 60.8 Å². The van der Waals surface area contributed by atoms with Gasteiger partial charge in [0.1, 0.15) is 5.75 Å². The second-order valence-corrected chi connectivity index (χ2v) is 6.29. The lowest BCUT2D eigenvalue weighted by Crippen LogP contribution is -2.35. The lowest BCUT2D eigenvalue weighted by atomic mass is 9.97. The molecular formula is C22H12F3NO. The maximum Gasteiger partial charge on any atom is 0.194 e. The first kappa shape index (κ1) is 15.8. The number of fused-ring (bicyclic) bond motifs is 5. The molecule has 0 aromatic heterocycles. The van der Waals surface area contributed by atoms with Gasteiger partial charge in [0.15, 0.2) is 17.5 Å². The molecule has 0 fully saturated rings. The summed E-state index contributed by atoms with van der Waals surface area (Å²) in [5.41, 5.74) is 2.92. The van der Waals surface area contributed by atoms with E-state index in [4.69, 9.17) is 4.74 Å². The van der Waals surface area contributed by atoms with E-state index in [2.05, 4.69) is 0 Å². The molecule has 0 atom stereocenters. The van der Waals surface area contributed by atoms with Crippen LogP contribution >= 0.6 is 0 Å². The minimum absolute atomic E-state index is 0.203. The van der Waals surface area contributed by atoms with Gasteiger partial charge in [-0.2, -0.15) is 0 Å². The van der Waals surface area contributed by atoms with Crippen LogP contribution in [-0.4, -0.2) is 0 Å². The van der Waals surface area contributed by atoms with Gasteiger partial charge in [-0.3, -0.25) is 0 Å². The Morgan fingerprint density at radius 3 is 2.41 bits per heavy atom. The van der Waals surface area contributed by atoms with Crippen LogP contribution < -0.4 is 20.1 Å². The first-order chi connectivity index (χ1) is 13.1. The van der Waals surface area contributed by atoms with Crippen molar-refractivity contribution >= 4 is 23.7 Å². The maximum absolute atomic E-state index is 13.7. The summed E-state index contributed by atoms with van der Waals surface area (Å²) in [5.74, 6) is -3.15. The van der Waals surface area contributed by atoms with Gasteiger partial charge in [0.05, 0.1) is 17.6 Å². The Balaban J connectivity index is 1.72. The van der Waals surface area contributed by atoms with E-state index >= 15 is 0 Å². The van der Waals surface area contributed by atoms with Gasteiger partial charge in [0.25, 0.3) is 0 Å². The number of para-hydroxylation sites is 1. The van der Waals surface area contributed by atoms with Crippen LogP contribution in [0.2, 0.25) is 0 Å². The van der Waals surface area contributed by atoms with E-state index in [0.717, 1.165) is 45.1 Å². The second-order valence-electron chi connectivity index (χ2n) is 6.29. The largest absolute Gasteiger partial charge is 0.464 e. The minimum atomic E-state index is -1.48. The predicted molar refractivity (Wildman–Crippen MR) is 98.3 cm³/mol. The van der Waals surface area contributed by atoms with E-state index in [1.807, 2.05) is 42.5 Å². The van der Waals surface area contributed by atoms with Gasteiger partial charge in [-0.25, -0.2) is 13.2 Å². The number of hydrogen-bond acceptors (Lipinski definition) is 2. The number of ether oxygens (including phenoxy) is 1. The summed E-state index contributed by atoms with van der Waals surface area (Å²) < 4.78 is 46.5. The minimum Gasteiger partial charge on any atom is -0.464 e. The summed E-state index contributed by atoms with van der Waals surface area (Å²) in [5, 5.41) is 1.73. The van der Waals surface area contributed by atoms with Crippen LogP contribution in [0.25, 0.3) is 23.5 Å². The first-order valence-electron chi connectivity index (χ1n) is 8.35. The number of allylic oxidation sites excluding steroid dienone is 1. The molecule has 0 N–H and O–H groups in total. The van der Waals surface area contributed by atoms with E-state index in [-0.39, 0.29) is 5.69 Å². The van der Waals surface area contributed by atoms with E-state index in [1.165, 1.54) is 0 Å². The molecule has 27 heavy (non-hydrogen) atoms. The summed E-state index contributed by atoms with van der Waals surface area (Å²) in [6.07, 6.45) is 7.04. The quantitative estimate of drug-likeness (QED) is 0.596. The average molecular weight is 363 g/mol. The van der Waals surface area contributed by atoms with Gasteiger partial charge in [0, 0.05) is 34.3 Å². The summed E-state index contributed by atoms with van der Waals surface area (Å²) in [6.45, 7) is 0. The molecule has 0 unspecified atom stereocenters. The number of rotatable bonds is 1. The number of hydrogen-bond donors (Lipinski definition) is 0. The van der Waals surface area contributed by atoms with Gasteiger partial charge >= 0.3 is 0 Å². The SMILES string of the molecule is Fc1cc(N2C=CC=c3c2ccc2c3=COc3ccccc3-2)cc(F)c1F. The van der Waals surface area contributed by atoms with Crippen molar-refractivity contribution in [3.8, 4) is 16.9 Å². The highest BCUT2D eigenvalue weighted by Crippen LogP contribution is 2.32. The number of benzene rings is 3. The first-order valence-corrected chi connectivity index (χ1v) is 8.35. The molecule has 3 aromatic rings. The molecule has 0 bridgehead atoms. The molecule has 2 aliphatic rings. The second kappa shape index (κ2) is 5.77. The molecule has 2 nitrogen and oxygen atoms in total. The smallest absolute Gasteiger partial charge is 0.194 e. The third-order valence-electron chi connectivity index (χ3n) is 4.75. The van der Waals surface area contributed by atoms with Gasteiger partial charge in [-0.05, 0) is 23.8 Å². The molecule has 0 radical (unpaired) electrons. The summed E-state index contributed by atoms with van der Waals surface area (Å²) >= 11 is 0. The fraction of sp³-hybridized carbons (Fsp3) is 0. The Labute approximate surface area is 152 Å². The Morgan fingerprint density at radius 1 is 0.815 bits per heavy atom. The lowest BCUT2D eigenvalue weighted by Gasteiger charge is -2.25. The lowest BCUT2D eigenvalue weighted by molar-refractivity contribution is 0.447. The molecular weight excluding hydrogens is 351 g/mol. The van der Waals surface area contributed by atoms with Crippen molar-refractivity contribution in [2.75, 3.05) is 4.90 Å². The van der Waals surface area contributed by atoms with Crippen LogP contribution in [-0.2, 0) is 0 Å². The fourth-order valence-corrected chi connectivity index (χ4v) is 3.50. The Kier molecular flexibility index (Phi) is 3.37. The molecule has 2 heterocycles. The molecule has 3 aromatic carbocycles. The molecule has 5 heteroatoms. The average Bonchev–Trinajstić information content (AvgIpc) is 2.70. The van der Waals surface area contributed by atoms with Crippen LogP contribution in [0.1, 0.15) is 0 Å². The van der Waals surface area contributed by atoms with Crippen molar-refractivity contribution in [3.05, 3.63) is 88.7 Å². The Morgan fingerprint density at radius 2 is 1.59 bits per heavy atom. The van der Waals surface area contributed by atoms with E-state index in [1.54, 1.807) is 23.4 Å². The van der Waals surface area contributed by atoms with Crippen LogP contribution in [0.5, 0.6) is 5.75 Å². The van der Waals surface area contributed by atoms with Gasteiger partial charge in [0.2, 0.25) is 0 Å².